The third-order valence-electron chi connectivity index (χ3n) is 4.70. The highest BCUT2D eigenvalue weighted by atomic mass is 32.2. The fourth-order valence-electron chi connectivity index (χ4n) is 3.21. The largest absolute Gasteiger partial charge is 0.379 e. The van der Waals surface area contributed by atoms with Gasteiger partial charge in [0.1, 0.15) is 16.5 Å². The number of nitrogens with zero attached hydrogens (tertiary/aromatic N) is 3. The number of halogens is 1. The van der Waals surface area contributed by atoms with Gasteiger partial charge in [-0.25, -0.2) is 17.8 Å². The van der Waals surface area contributed by atoms with Crippen LogP contribution < -0.4 is 5.32 Å². The predicted octanol–water partition coefficient (Wildman–Crippen LogP) is 2.24. The molecule has 10 nitrogen and oxygen atoms in total. The topological polar surface area (TPSA) is 130 Å². The van der Waals surface area contributed by atoms with Gasteiger partial charge in [-0.15, -0.1) is 0 Å². The number of sulfonamides is 1. The van der Waals surface area contributed by atoms with E-state index in [-0.39, 0.29) is 49.1 Å². The minimum atomic E-state index is -3.98. The van der Waals surface area contributed by atoms with Gasteiger partial charge < -0.3 is 15.0 Å². The SMILES string of the molecule is O=[N+]([O-])c1ccc(NCc2nc3ccc(F)cc3[nH]2)c(S(=O)(=O)N2CCOCC2)c1. The van der Waals surface area contributed by atoms with Gasteiger partial charge in [0.05, 0.1) is 41.4 Å². The second kappa shape index (κ2) is 7.97. The first-order chi connectivity index (χ1) is 14.3. The van der Waals surface area contributed by atoms with Crippen molar-refractivity contribution in [3.63, 3.8) is 0 Å². The Morgan fingerprint density at radius 2 is 2.00 bits per heavy atom. The molecule has 1 aliphatic rings. The molecule has 2 N–H and O–H groups in total. The van der Waals surface area contributed by atoms with Crippen molar-refractivity contribution in [3.8, 4) is 0 Å². The minimum absolute atomic E-state index is 0.111. The van der Waals surface area contributed by atoms with Gasteiger partial charge >= 0.3 is 0 Å². The standard InChI is InChI=1S/C18H18FN5O5S/c19-12-1-3-14-16(9-12)22-18(21-14)11-20-15-4-2-13(24(25)26)10-17(15)30(27,28)23-5-7-29-8-6-23/h1-4,9-10,20H,5-8,11H2,(H,21,22). The second-order valence-electron chi connectivity index (χ2n) is 6.65. The van der Waals surface area contributed by atoms with Gasteiger partial charge in [-0.05, 0) is 24.3 Å². The summed E-state index contributed by atoms with van der Waals surface area (Å²) in [5.41, 5.74) is 0.958. The molecule has 0 radical (unpaired) electrons. The number of nitrogens with one attached hydrogen (secondary N) is 2. The molecule has 0 atom stereocenters. The van der Waals surface area contributed by atoms with Gasteiger partial charge in [-0.3, -0.25) is 10.1 Å². The molecule has 2 aromatic carbocycles. The predicted molar refractivity (Wildman–Crippen MR) is 106 cm³/mol. The molecule has 1 fully saturated rings. The average Bonchev–Trinajstić information content (AvgIpc) is 3.14. The summed E-state index contributed by atoms with van der Waals surface area (Å²) >= 11 is 0. The van der Waals surface area contributed by atoms with Gasteiger partial charge in [0.2, 0.25) is 10.0 Å². The van der Waals surface area contributed by atoms with Gasteiger partial charge in [0.25, 0.3) is 5.69 Å². The molecule has 158 valence electrons. The molecule has 1 saturated heterocycles. The van der Waals surface area contributed by atoms with Crippen LogP contribution in [0.1, 0.15) is 5.82 Å². The number of imidazole rings is 1. The van der Waals surface area contributed by atoms with Crippen molar-refractivity contribution in [1.29, 1.82) is 0 Å². The summed E-state index contributed by atoms with van der Waals surface area (Å²) in [6.07, 6.45) is 0. The maximum atomic E-state index is 13.4. The lowest BCUT2D eigenvalue weighted by molar-refractivity contribution is -0.385. The molecular formula is C18H18FN5O5S. The molecule has 4 rings (SSSR count). The van der Waals surface area contributed by atoms with Crippen molar-refractivity contribution in [2.45, 2.75) is 11.4 Å². The van der Waals surface area contributed by atoms with Crippen molar-refractivity contribution in [2.75, 3.05) is 31.6 Å². The minimum Gasteiger partial charge on any atom is -0.379 e. The fourth-order valence-corrected chi connectivity index (χ4v) is 4.80. The summed E-state index contributed by atoms with van der Waals surface area (Å²) in [5, 5.41) is 14.2. The summed E-state index contributed by atoms with van der Waals surface area (Å²) in [4.78, 5) is 17.6. The Kier molecular flexibility index (Phi) is 5.37. The van der Waals surface area contributed by atoms with Crippen molar-refractivity contribution in [3.05, 3.63) is 58.2 Å². The highest BCUT2D eigenvalue weighted by Gasteiger charge is 2.30. The molecular weight excluding hydrogens is 417 g/mol. The van der Waals surface area contributed by atoms with Crippen molar-refractivity contribution in [1.82, 2.24) is 14.3 Å². The molecule has 1 aromatic heterocycles. The monoisotopic (exact) mass is 435 g/mol. The van der Waals surface area contributed by atoms with Crippen LogP contribution in [0.2, 0.25) is 0 Å². The van der Waals surface area contributed by atoms with Crippen LogP contribution >= 0.6 is 0 Å². The van der Waals surface area contributed by atoms with Crippen LogP contribution in [-0.4, -0.2) is 53.9 Å². The number of ether oxygens (including phenoxy) is 1. The molecule has 30 heavy (non-hydrogen) atoms. The Labute approximate surface area is 170 Å². The van der Waals surface area contributed by atoms with Crippen molar-refractivity contribution < 1.29 is 22.5 Å². The number of benzene rings is 2. The Balaban J connectivity index is 1.65. The molecule has 0 saturated carbocycles. The first kappa shape index (κ1) is 20.2. The molecule has 2 heterocycles. The van der Waals surface area contributed by atoms with E-state index in [0.29, 0.717) is 16.9 Å². The number of H-pyrrole nitrogens is 1. The van der Waals surface area contributed by atoms with E-state index >= 15 is 0 Å². The Morgan fingerprint density at radius 1 is 1.23 bits per heavy atom. The van der Waals surface area contributed by atoms with Gasteiger partial charge in [0, 0.05) is 25.2 Å². The Bertz CT molecular complexity index is 1210. The smallest absolute Gasteiger partial charge is 0.270 e. The van der Waals surface area contributed by atoms with Crippen molar-refractivity contribution >= 4 is 32.4 Å². The maximum absolute atomic E-state index is 13.4. The van der Waals surface area contributed by atoms with Gasteiger partial charge in [0.15, 0.2) is 0 Å². The van der Waals surface area contributed by atoms with Crippen LogP contribution in [0, 0.1) is 15.9 Å². The van der Waals surface area contributed by atoms with Gasteiger partial charge in [-0.2, -0.15) is 4.31 Å². The number of hydrogen-bond acceptors (Lipinski definition) is 7. The number of aromatic nitrogens is 2. The number of non-ortho nitro benzene ring substituents is 1. The summed E-state index contributed by atoms with van der Waals surface area (Å²) in [6, 6.07) is 7.77. The second-order valence-corrected chi connectivity index (χ2v) is 8.56. The van der Waals surface area contributed by atoms with Crippen LogP contribution in [0.25, 0.3) is 11.0 Å². The lowest BCUT2D eigenvalue weighted by Gasteiger charge is -2.27. The molecule has 3 aromatic rings. The molecule has 0 bridgehead atoms. The Hall–Kier alpha value is -3.09. The number of aromatic amines is 1. The molecule has 1 aliphatic heterocycles. The van der Waals surface area contributed by atoms with Crippen molar-refractivity contribution in [2.24, 2.45) is 0 Å². The van der Waals surface area contributed by atoms with Crippen LogP contribution in [0.15, 0.2) is 41.3 Å². The lowest BCUT2D eigenvalue weighted by Crippen LogP contribution is -2.40. The number of rotatable bonds is 6. The van der Waals surface area contributed by atoms with E-state index in [9.17, 15) is 22.9 Å². The quantitative estimate of drug-likeness (QED) is 0.448. The summed E-state index contributed by atoms with van der Waals surface area (Å²) in [7, 11) is -3.98. The van der Waals surface area contributed by atoms with Crippen LogP contribution in [0.4, 0.5) is 15.8 Å². The number of nitro groups is 1. The maximum Gasteiger partial charge on any atom is 0.270 e. The van der Waals surface area contributed by atoms with E-state index < -0.39 is 20.8 Å². The van der Waals surface area contributed by atoms with E-state index in [4.69, 9.17) is 4.74 Å². The van der Waals surface area contributed by atoms with Crippen LogP contribution in [0.5, 0.6) is 0 Å². The molecule has 0 unspecified atom stereocenters. The normalized spacial score (nSPS) is 15.4. The van der Waals surface area contributed by atoms with Crippen LogP contribution in [0.3, 0.4) is 0 Å². The van der Waals surface area contributed by atoms with Gasteiger partial charge in [-0.1, -0.05) is 0 Å². The van der Waals surface area contributed by atoms with E-state index in [1.165, 1.54) is 34.6 Å². The van der Waals surface area contributed by atoms with E-state index in [1.807, 2.05) is 0 Å². The molecule has 12 heteroatoms. The van der Waals surface area contributed by atoms with E-state index in [2.05, 4.69) is 15.3 Å². The third kappa shape index (κ3) is 3.97. The first-order valence-corrected chi connectivity index (χ1v) is 10.5. The average molecular weight is 435 g/mol. The van der Waals surface area contributed by atoms with E-state index in [0.717, 1.165) is 6.07 Å². The first-order valence-electron chi connectivity index (χ1n) is 9.09. The Morgan fingerprint density at radius 3 is 2.73 bits per heavy atom. The zero-order chi connectivity index (χ0) is 21.3. The highest BCUT2D eigenvalue weighted by Crippen LogP contribution is 2.30. The molecule has 0 amide bonds. The van der Waals surface area contributed by atoms with Crippen LogP contribution in [-0.2, 0) is 21.3 Å². The number of anilines is 1. The van der Waals surface area contributed by atoms with E-state index in [1.54, 1.807) is 0 Å². The number of nitro benzene ring substituents is 1. The lowest BCUT2D eigenvalue weighted by atomic mass is 10.3. The fraction of sp³-hybridized carbons (Fsp3) is 0.278. The third-order valence-corrected chi connectivity index (χ3v) is 6.64. The highest BCUT2D eigenvalue weighted by molar-refractivity contribution is 7.89. The zero-order valence-electron chi connectivity index (χ0n) is 15.7. The summed E-state index contributed by atoms with van der Waals surface area (Å²) in [5.74, 6) is 0.0589. The zero-order valence-corrected chi connectivity index (χ0v) is 16.5. The molecule has 0 aliphatic carbocycles. The molecule has 0 spiro atoms. The number of morpholine rings is 1. The number of hydrogen-bond donors (Lipinski definition) is 2. The number of fused-ring (bicyclic) bond motifs is 1. The summed E-state index contributed by atoms with van der Waals surface area (Å²) < 4.78 is 46.0. The summed E-state index contributed by atoms with van der Waals surface area (Å²) in [6.45, 7) is 0.956.